The van der Waals surface area contributed by atoms with Crippen LogP contribution in [0.15, 0.2) is 12.1 Å². The third kappa shape index (κ3) is 2.82. The summed E-state index contributed by atoms with van der Waals surface area (Å²) < 4.78 is 0. The van der Waals surface area contributed by atoms with Gasteiger partial charge in [0.1, 0.15) is 0 Å². The number of nitrogens with zero attached hydrogens (tertiary/aromatic N) is 2. The Kier molecular flexibility index (Phi) is 2.95. The minimum Gasteiger partial charge on any atom is -0.309 e. The normalized spacial score (nSPS) is 10.2. The fourth-order valence-electron chi connectivity index (χ4n) is 0.736. The van der Waals surface area contributed by atoms with E-state index < -0.39 is 0 Å². The highest BCUT2D eigenvalue weighted by atomic mass is 16.1. The summed E-state index contributed by atoms with van der Waals surface area (Å²) in [5.41, 5.74) is 0.836. The molecule has 0 bridgehead atoms. The molecule has 0 radical (unpaired) electrons. The van der Waals surface area contributed by atoms with Gasteiger partial charge in [0.25, 0.3) is 0 Å². The number of hydrogen-bond acceptors (Lipinski definition) is 3. The zero-order valence-corrected chi connectivity index (χ0v) is 8.03. The Bertz CT molecular complexity index is 292. The summed E-state index contributed by atoms with van der Waals surface area (Å²) in [7, 11) is 0. The third-order valence-corrected chi connectivity index (χ3v) is 1.57. The van der Waals surface area contributed by atoms with Crippen molar-refractivity contribution in [3.63, 3.8) is 0 Å². The lowest BCUT2D eigenvalue weighted by Gasteiger charge is -2.05. The smallest absolute Gasteiger partial charge is 0.228 e. The molecule has 0 unspecified atom stereocenters. The van der Waals surface area contributed by atoms with Crippen molar-refractivity contribution >= 4 is 11.7 Å². The molecule has 0 aliphatic heterocycles. The average molecular weight is 179 g/mol. The number of hydrogen-bond donors (Lipinski definition) is 1. The molecule has 0 saturated carbocycles. The van der Waals surface area contributed by atoms with Crippen LogP contribution >= 0.6 is 0 Å². The maximum atomic E-state index is 11.2. The van der Waals surface area contributed by atoms with Gasteiger partial charge in [0.2, 0.25) is 5.91 Å². The van der Waals surface area contributed by atoms with Crippen LogP contribution in [0.3, 0.4) is 0 Å². The number of aromatic nitrogens is 2. The quantitative estimate of drug-likeness (QED) is 0.746. The van der Waals surface area contributed by atoms with Crippen LogP contribution in [0.4, 0.5) is 5.82 Å². The fraction of sp³-hybridized carbons (Fsp3) is 0.444. The number of carbonyl (C=O) groups excluding carboxylic acids is 1. The van der Waals surface area contributed by atoms with Gasteiger partial charge in [-0.3, -0.25) is 4.79 Å². The van der Waals surface area contributed by atoms with E-state index in [0.29, 0.717) is 5.82 Å². The summed E-state index contributed by atoms with van der Waals surface area (Å²) in [5, 5.41) is 10.3. The van der Waals surface area contributed by atoms with Crippen LogP contribution < -0.4 is 5.32 Å². The van der Waals surface area contributed by atoms with Gasteiger partial charge in [0.05, 0.1) is 5.69 Å². The topological polar surface area (TPSA) is 54.9 Å². The fourth-order valence-corrected chi connectivity index (χ4v) is 0.736. The monoisotopic (exact) mass is 179 g/mol. The van der Waals surface area contributed by atoms with Gasteiger partial charge in [-0.05, 0) is 19.1 Å². The van der Waals surface area contributed by atoms with E-state index in [1.54, 1.807) is 6.07 Å². The Morgan fingerprint density at radius 1 is 1.38 bits per heavy atom. The summed E-state index contributed by atoms with van der Waals surface area (Å²) >= 11 is 0. The molecule has 4 nitrogen and oxygen atoms in total. The van der Waals surface area contributed by atoms with Gasteiger partial charge in [-0.2, -0.15) is 5.10 Å². The van der Waals surface area contributed by atoms with Crippen LogP contribution in [-0.4, -0.2) is 16.1 Å². The Labute approximate surface area is 77.4 Å². The van der Waals surface area contributed by atoms with Crippen LogP contribution in [0.25, 0.3) is 0 Å². The van der Waals surface area contributed by atoms with Gasteiger partial charge in [0, 0.05) is 5.92 Å². The minimum absolute atomic E-state index is 0.0388. The third-order valence-electron chi connectivity index (χ3n) is 1.57. The molecule has 0 aromatic carbocycles. The van der Waals surface area contributed by atoms with Gasteiger partial charge in [-0.25, -0.2) is 0 Å². The molecule has 1 N–H and O–H groups in total. The molecule has 0 aliphatic rings. The minimum atomic E-state index is -0.0434. The number of rotatable bonds is 2. The molecule has 1 aromatic heterocycles. The first kappa shape index (κ1) is 9.64. The first-order valence-corrected chi connectivity index (χ1v) is 4.21. The predicted molar refractivity (Wildman–Crippen MR) is 50.2 cm³/mol. The van der Waals surface area contributed by atoms with Crippen LogP contribution in [0.2, 0.25) is 0 Å². The zero-order chi connectivity index (χ0) is 9.84. The second kappa shape index (κ2) is 3.98. The van der Waals surface area contributed by atoms with Gasteiger partial charge >= 0.3 is 0 Å². The first-order chi connectivity index (χ1) is 6.09. The molecule has 0 spiro atoms. The van der Waals surface area contributed by atoms with E-state index in [1.165, 1.54) is 0 Å². The molecule has 1 heterocycles. The molecular formula is C9H13N3O. The van der Waals surface area contributed by atoms with Crippen LogP contribution in [0.5, 0.6) is 0 Å². The molecule has 1 aromatic rings. The number of carbonyl (C=O) groups is 1. The second-order valence-corrected chi connectivity index (χ2v) is 3.20. The Hall–Kier alpha value is -1.45. The van der Waals surface area contributed by atoms with Crippen LogP contribution in [-0.2, 0) is 4.79 Å². The van der Waals surface area contributed by atoms with E-state index in [-0.39, 0.29) is 11.8 Å². The average Bonchev–Trinajstić information content (AvgIpc) is 2.08. The van der Waals surface area contributed by atoms with Crippen molar-refractivity contribution in [1.29, 1.82) is 0 Å². The lowest BCUT2D eigenvalue weighted by atomic mass is 10.2. The summed E-state index contributed by atoms with van der Waals surface area (Å²) in [6, 6.07) is 3.55. The number of anilines is 1. The van der Waals surface area contributed by atoms with Crippen LogP contribution in [0.1, 0.15) is 19.5 Å². The Balaban J connectivity index is 2.65. The van der Waals surface area contributed by atoms with Crippen molar-refractivity contribution < 1.29 is 4.79 Å². The van der Waals surface area contributed by atoms with E-state index in [1.807, 2.05) is 26.8 Å². The Morgan fingerprint density at radius 2 is 2.08 bits per heavy atom. The molecule has 1 rings (SSSR count). The highest BCUT2D eigenvalue weighted by molar-refractivity contribution is 5.90. The highest BCUT2D eigenvalue weighted by Gasteiger charge is 2.07. The molecule has 1 amide bonds. The maximum Gasteiger partial charge on any atom is 0.228 e. The van der Waals surface area contributed by atoms with Crippen molar-refractivity contribution in [2.75, 3.05) is 5.32 Å². The van der Waals surface area contributed by atoms with Gasteiger partial charge in [-0.15, -0.1) is 5.10 Å². The molecule has 13 heavy (non-hydrogen) atoms. The molecule has 0 aliphatic carbocycles. The molecule has 4 heteroatoms. The van der Waals surface area contributed by atoms with Crippen molar-refractivity contribution in [2.45, 2.75) is 20.8 Å². The second-order valence-electron chi connectivity index (χ2n) is 3.20. The van der Waals surface area contributed by atoms with Crippen LogP contribution in [0, 0.1) is 12.8 Å². The molecular weight excluding hydrogens is 166 g/mol. The molecule has 0 saturated heterocycles. The van der Waals surface area contributed by atoms with E-state index >= 15 is 0 Å². The van der Waals surface area contributed by atoms with E-state index in [4.69, 9.17) is 0 Å². The van der Waals surface area contributed by atoms with Gasteiger partial charge < -0.3 is 5.32 Å². The molecule has 0 fully saturated rings. The van der Waals surface area contributed by atoms with Gasteiger partial charge in [-0.1, -0.05) is 13.8 Å². The van der Waals surface area contributed by atoms with Crippen molar-refractivity contribution in [2.24, 2.45) is 5.92 Å². The number of nitrogens with one attached hydrogen (secondary N) is 1. The molecule has 70 valence electrons. The maximum absolute atomic E-state index is 11.2. The summed E-state index contributed by atoms with van der Waals surface area (Å²) in [5.74, 6) is 0.422. The highest BCUT2D eigenvalue weighted by Crippen LogP contribution is 2.03. The van der Waals surface area contributed by atoms with Crippen molar-refractivity contribution in [1.82, 2.24) is 10.2 Å². The first-order valence-electron chi connectivity index (χ1n) is 4.21. The summed E-state index contributed by atoms with van der Waals surface area (Å²) in [6.07, 6.45) is 0. The SMILES string of the molecule is Cc1ccc(NC(=O)C(C)C)nn1. The summed E-state index contributed by atoms with van der Waals surface area (Å²) in [6.45, 7) is 5.51. The number of amides is 1. The lowest BCUT2D eigenvalue weighted by molar-refractivity contribution is -0.118. The van der Waals surface area contributed by atoms with E-state index in [0.717, 1.165) is 5.69 Å². The zero-order valence-electron chi connectivity index (χ0n) is 8.03. The molecule has 0 atom stereocenters. The predicted octanol–water partition coefficient (Wildman–Crippen LogP) is 1.38. The number of aryl methyl sites for hydroxylation is 1. The van der Waals surface area contributed by atoms with E-state index in [9.17, 15) is 4.79 Å². The van der Waals surface area contributed by atoms with Gasteiger partial charge in [0.15, 0.2) is 5.82 Å². The largest absolute Gasteiger partial charge is 0.309 e. The standard InChI is InChI=1S/C9H13N3O/c1-6(2)9(13)10-8-5-4-7(3)11-12-8/h4-6H,1-3H3,(H,10,12,13). The van der Waals surface area contributed by atoms with Crippen molar-refractivity contribution in [3.05, 3.63) is 17.8 Å². The van der Waals surface area contributed by atoms with E-state index in [2.05, 4.69) is 15.5 Å². The summed E-state index contributed by atoms with van der Waals surface area (Å²) in [4.78, 5) is 11.2. The Morgan fingerprint density at radius 3 is 2.54 bits per heavy atom. The van der Waals surface area contributed by atoms with Crippen molar-refractivity contribution in [3.8, 4) is 0 Å². The lowest BCUT2D eigenvalue weighted by Crippen LogP contribution is -2.18.